The van der Waals surface area contributed by atoms with Gasteiger partial charge in [-0.2, -0.15) is 4.98 Å². The molecule has 2 aromatic rings. The Labute approximate surface area is 116 Å². The van der Waals surface area contributed by atoms with Crippen molar-refractivity contribution in [1.82, 2.24) is 9.97 Å². The summed E-state index contributed by atoms with van der Waals surface area (Å²) >= 11 is 3.17. The van der Waals surface area contributed by atoms with Gasteiger partial charge in [-0.05, 0) is 12.1 Å². The highest BCUT2D eigenvalue weighted by molar-refractivity contribution is 9.10. The molecule has 0 radical (unpaired) electrons. The first-order chi connectivity index (χ1) is 9.13. The van der Waals surface area contributed by atoms with Crippen LogP contribution < -0.4 is 20.7 Å². The molecule has 0 saturated carbocycles. The van der Waals surface area contributed by atoms with Crippen LogP contribution in [0.2, 0.25) is 0 Å². The Kier molecular flexibility index (Phi) is 4.13. The number of rotatable bonds is 4. The van der Waals surface area contributed by atoms with E-state index in [1.807, 2.05) is 0 Å². The van der Waals surface area contributed by atoms with Crippen LogP contribution >= 0.6 is 15.9 Å². The zero-order valence-electron chi connectivity index (χ0n) is 9.85. The fraction of sp³-hybridized carbons (Fsp3) is 0.0909. The number of hydrogen-bond donors (Lipinski definition) is 2. The molecule has 100 valence electrons. The molecule has 0 fully saturated rings. The van der Waals surface area contributed by atoms with E-state index in [0.29, 0.717) is 4.47 Å². The second-order valence-electron chi connectivity index (χ2n) is 3.41. The van der Waals surface area contributed by atoms with Gasteiger partial charge in [0, 0.05) is 10.5 Å². The largest absolute Gasteiger partial charge is 0.489 e. The van der Waals surface area contributed by atoms with Crippen molar-refractivity contribution in [3.05, 3.63) is 34.8 Å². The third-order valence-corrected chi connectivity index (χ3v) is 2.62. The Hall–Kier alpha value is -1.93. The van der Waals surface area contributed by atoms with Crippen molar-refractivity contribution in [2.45, 2.75) is 0 Å². The molecule has 1 aromatic carbocycles. The molecule has 0 aliphatic heterocycles. The summed E-state index contributed by atoms with van der Waals surface area (Å²) in [5.41, 5.74) is 2.36. The summed E-state index contributed by atoms with van der Waals surface area (Å²) < 4.78 is 24.4. The Morgan fingerprint density at radius 1 is 1.32 bits per heavy atom. The number of nitrogen functional groups attached to an aromatic ring is 1. The summed E-state index contributed by atoms with van der Waals surface area (Å²) in [4.78, 5) is 7.79. The van der Waals surface area contributed by atoms with E-state index in [2.05, 4.69) is 31.3 Å². The smallest absolute Gasteiger partial charge is 0.268 e. The maximum absolute atomic E-state index is 13.3. The molecule has 0 saturated heterocycles. The summed E-state index contributed by atoms with van der Waals surface area (Å²) in [5.74, 6) is 5.75. The summed E-state index contributed by atoms with van der Waals surface area (Å²) in [7, 11) is 1.42. The second-order valence-corrected chi connectivity index (χ2v) is 4.33. The minimum absolute atomic E-state index is 0.128. The van der Waals surface area contributed by atoms with E-state index in [1.165, 1.54) is 25.6 Å². The monoisotopic (exact) mass is 328 g/mol. The highest BCUT2D eigenvalue weighted by Gasteiger charge is 2.14. The van der Waals surface area contributed by atoms with Crippen LogP contribution in [0, 0.1) is 5.82 Å². The first-order valence-corrected chi connectivity index (χ1v) is 5.93. The fourth-order valence-electron chi connectivity index (χ4n) is 1.42. The van der Waals surface area contributed by atoms with Crippen molar-refractivity contribution in [3.8, 4) is 17.4 Å². The SMILES string of the molecule is COc1c(NN)ncnc1Oc1cc(F)cc(Br)c1. The van der Waals surface area contributed by atoms with E-state index in [1.54, 1.807) is 6.07 Å². The minimum Gasteiger partial charge on any atom is -0.489 e. The number of anilines is 1. The highest BCUT2D eigenvalue weighted by atomic mass is 79.9. The molecule has 6 nitrogen and oxygen atoms in total. The van der Waals surface area contributed by atoms with Crippen molar-refractivity contribution < 1.29 is 13.9 Å². The van der Waals surface area contributed by atoms with E-state index < -0.39 is 5.82 Å². The van der Waals surface area contributed by atoms with Crippen molar-refractivity contribution in [2.24, 2.45) is 5.84 Å². The molecule has 3 N–H and O–H groups in total. The van der Waals surface area contributed by atoms with Crippen LogP contribution in [0.25, 0.3) is 0 Å². The van der Waals surface area contributed by atoms with Gasteiger partial charge in [-0.1, -0.05) is 15.9 Å². The molecule has 0 amide bonds. The number of hydrazine groups is 1. The quantitative estimate of drug-likeness (QED) is 0.662. The molecule has 0 spiro atoms. The molecule has 0 unspecified atom stereocenters. The number of nitrogens with two attached hydrogens (primary N) is 1. The van der Waals surface area contributed by atoms with Gasteiger partial charge < -0.3 is 14.9 Å². The number of aromatic nitrogens is 2. The summed E-state index contributed by atoms with van der Waals surface area (Å²) in [5, 5.41) is 0. The molecule has 19 heavy (non-hydrogen) atoms. The van der Waals surface area contributed by atoms with E-state index >= 15 is 0 Å². The topological polar surface area (TPSA) is 82.3 Å². The van der Waals surface area contributed by atoms with Gasteiger partial charge in [0.25, 0.3) is 5.88 Å². The van der Waals surface area contributed by atoms with E-state index in [4.69, 9.17) is 15.3 Å². The summed E-state index contributed by atoms with van der Waals surface area (Å²) in [6.45, 7) is 0. The molecule has 1 heterocycles. The fourth-order valence-corrected chi connectivity index (χ4v) is 1.86. The van der Waals surface area contributed by atoms with Crippen molar-refractivity contribution in [1.29, 1.82) is 0 Å². The predicted octanol–water partition coefficient (Wildman–Crippen LogP) is 2.46. The number of methoxy groups -OCH3 is 1. The Balaban J connectivity index is 2.37. The normalized spacial score (nSPS) is 10.1. The van der Waals surface area contributed by atoms with Crippen LogP contribution in [-0.4, -0.2) is 17.1 Å². The standard InChI is InChI=1S/C11H10BrFN4O2/c1-18-9-10(17-14)15-5-16-11(9)19-8-3-6(12)2-7(13)4-8/h2-5H,14H2,1H3,(H,15,16,17). The van der Waals surface area contributed by atoms with Crippen LogP contribution in [0.1, 0.15) is 0 Å². The molecule has 8 heteroatoms. The van der Waals surface area contributed by atoms with Gasteiger partial charge in [-0.15, -0.1) is 0 Å². The van der Waals surface area contributed by atoms with Crippen LogP contribution in [-0.2, 0) is 0 Å². The lowest BCUT2D eigenvalue weighted by atomic mass is 10.3. The number of nitrogens with one attached hydrogen (secondary N) is 1. The van der Waals surface area contributed by atoms with Crippen molar-refractivity contribution in [3.63, 3.8) is 0 Å². The molecular formula is C11H10BrFN4O2. The molecular weight excluding hydrogens is 319 g/mol. The Morgan fingerprint density at radius 2 is 2.11 bits per heavy atom. The molecule has 1 aromatic heterocycles. The number of ether oxygens (including phenoxy) is 2. The predicted molar refractivity (Wildman–Crippen MR) is 70.6 cm³/mol. The average molecular weight is 329 g/mol. The number of hydrogen-bond acceptors (Lipinski definition) is 6. The van der Waals surface area contributed by atoms with Crippen molar-refractivity contribution in [2.75, 3.05) is 12.5 Å². The molecule has 2 rings (SSSR count). The van der Waals surface area contributed by atoms with Gasteiger partial charge in [0.05, 0.1) is 7.11 Å². The van der Waals surface area contributed by atoms with E-state index in [-0.39, 0.29) is 23.2 Å². The lowest BCUT2D eigenvalue weighted by Gasteiger charge is -2.11. The maximum atomic E-state index is 13.3. The Morgan fingerprint density at radius 3 is 2.74 bits per heavy atom. The van der Waals surface area contributed by atoms with Gasteiger partial charge in [0.1, 0.15) is 17.9 Å². The first-order valence-electron chi connectivity index (χ1n) is 5.13. The van der Waals surface area contributed by atoms with Gasteiger partial charge >= 0.3 is 0 Å². The van der Waals surface area contributed by atoms with Gasteiger partial charge in [0.15, 0.2) is 5.82 Å². The van der Waals surface area contributed by atoms with Gasteiger partial charge in [-0.3, -0.25) is 0 Å². The maximum Gasteiger partial charge on any atom is 0.268 e. The molecule has 0 aliphatic carbocycles. The van der Waals surface area contributed by atoms with Gasteiger partial charge in [-0.25, -0.2) is 15.2 Å². The number of nitrogens with zero attached hydrogens (tertiary/aromatic N) is 2. The number of halogens is 2. The lowest BCUT2D eigenvalue weighted by molar-refractivity contribution is 0.368. The van der Waals surface area contributed by atoms with Crippen LogP contribution in [0.5, 0.6) is 17.4 Å². The molecule has 0 aliphatic rings. The lowest BCUT2D eigenvalue weighted by Crippen LogP contribution is -2.11. The zero-order valence-corrected chi connectivity index (χ0v) is 11.4. The second kappa shape index (κ2) is 5.81. The van der Waals surface area contributed by atoms with E-state index in [0.717, 1.165) is 0 Å². The first kappa shape index (κ1) is 13.5. The average Bonchev–Trinajstić information content (AvgIpc) is 2.37. The van der Waals surface area contributed by atoms with Crippen LogP contribution in [0.15, 0.2) is 29.0 Å². The minimum atomic E-state index is -0.436. The van der Waals surface area contributed by atoms with E-state index in [9.17, 15) is 4.39 Å². The summed E-state index contributed by atoms with van der Waals surface area (Å²) in [6, 6.07) is 4.14. The van der Waals surface area contributed by atoms with Gasteiger partial charge in [0.2, 0.25) is 5.75 Å². The number of benzene rings is 1. The third kappa shape index (κ3) is 3.09. The zero-order chi connectivity index (χ0) is 13.8. The molecule has 0 bridgehead atoms. The third-order valence-electron chi connectivity index (χ3n) is 2.16. The molecule has 0 atom stereocenters. The highest BCUT2D eigenvalue weighted by Crippen LogP contribution is 2.34. The van der Waals surface area contributed by atoms with Crippen molar-refractivity contribution >= 4 is 21.7 Å². The summed E-state index contributed by atoms with van der Waals surface area (Å²) in [6.07, 6.45) is 1.25. The van der Waals surface area contributed by atoms with Crippen LogP contribution in [0.4, 0.5) is 10.2 Å². The Bertz CT molecular complexity index is 577. The van der Waals surface area contributed by atoms with Crippen LogP contribution in [0.3, 0.4) is 0 Å².